The third-order valence-electron chi connectivity index (χ3n) is 4.44. The molecule has 148 valence electrons. The van der Waals surface area contributed by atoms with Gasteiger partial charge in [0.2, 0.25) is 7.37 Å². The molecule has 25 heavy (non-hydrogen) atoms. The summed E-state index contributed by atoms with van der Waals surface area (Å²) in [5, 5.41) is 0. The van der Waals surface area contributed by atoms with E-state index in [1.54, 1.807) is 0 Å². The minimum atomic E-state index is -3.33. The number of hydrogen-bond acceptors (Lipinski definition) is 3. The van der Waals surface area contributed by atoms with E-state index in [-0.39, 0.29) is 6.16 Å². The summed E-state index contributed by atoms with van der Waals surface area (Å²) in [4.78, 5) is 20.6. The number of carbonyl (C=O) groups excluding carboxylic acids is 1. The summed E-state index contributed by atoms with van der Waals surface area (Å²) in [5.41, 5.74) is 0. The number of esters is 1. The molecule has 0 radical (unpaired) electrons. The van der Waals surface area contributed by atoms with Gasteiger partial charge < -0.3 is 9.63 Å². The van der Waals surface area contributed by atoms with Crippen molar-refractivity contribution >= 4 is 13.3 Å². The molecule has 0 amide bonds. The highest BCUT2D eigenvalue weighted by Crippen LogP contribution is 2.41. The molecule has 0 fully saturated rings. The summed E-state index contributed by atoms with van der Waals surface area (Å²) in [6, 6.07) is 0. The molecule has 0 aromatic rings. The molecule has 0 saturated carbocycles. The molecule has 0 aliphatic heterocycles. The number of carbonyl (C=O) groups is 1. The molecular formula is C20H39O4P. The Morgan fingerprint density at radius 2 is 1.28 bits per heavy atom. The van der Waals surface area contributed by atoms with Crippen LogP contribution in [0.5, 0.6) is 0 Å². The van der Waals surface area contributed by atoms with E-state index in [0.29, 0.717) is 0 Å². The van der Waals surface area contributed by atoms with Gasteiger partial charge in [-0.05, 0) is 6.42 Å². The fourth-order valence-corrected chi connectivity index (χ4v) is 4.02. The monoisotopic (exact) mass is 374 g/mol. The van der Waals surface area contributed by atoms with Crippen LogP contribution in [0.3, 0.4) is 0 Å². The SMILES string of the molecule is C=CC(=O)OCP(=O)(O)CCCCCCCCCCCCCCCC. The lowest BCUT2D eigenvalue weighted by molar-refractivity contribution is -0.136. The van der Waals surface area contributed by atoms with Crippen molar-refractivity contribution < 1.29 is 19.0 Å². The molecule has 0 spiro atoms. The van der Waals surface area contributed by atoms with Gasteiger partial charge in [-0.25, -0.2) is 4.79 Å². The smallest absolute Gasteiger partial charge is 0.330 e. The molecule has 0 aromatic heterocycles. The van der Waals surface area contributed by atoms with Crippen molar-refractivity contribution in [2.75, 3.05) is 12.5 Å². The molecule has 0 aliphatic carbocycles. The van der Waals surface area contributed by atoms with E-state index >= 15 is 0 Å². The topological polar surface area (TPSA) is 63.6 Å². The number of hydrogen-bond donors (Lipinski definition) is 1. The van der Waals surface area contributed by atoms with Gasteiger partial charge in [-0.3, -0.25) is 4.57 Å². The van der Waals surface area contributed by atoms with E-state index in [4.69, 9.17) is 0 Å². The third kappa shape index (κ3) is 18.0. The predicted molar refractivity (Wildman–Crippen MR) is 106 cm³/mol. The van der Waals surface area contributed by atoms with Crippen molar-refractivity contribution in [1.29, 1.82) is 0 Å². The molecule has 0 rings (SSSR count). The van der Waals surface area contributed by atoms with Crippen LogP contribution in [0.1, 0.15) is 96.8 Å². The van der Waals surface area contributed by atoms with Crippen molar-refractivity contribution in [2.45, 2.75) is 96.8 Å². The van der Waals surface area contributed by atoms with Crippen molar-refractivity contribution in [3.05, 3.63) is 12.7 Å². The molecule has 4 nitrogen and oxygen atoms in total. The fraction of sp³-hybridized carbons (Fsp3) is 0.850. The van der Waals surface area contributed by atoms with Crippen LogP contribution in [0, 0.1) is 0 Å². The van der Waals surface area contributed by atoms with E-state index in [1.165, 1.54) is 70.6 Å². The zero-order chi connectivity index (χ0) is 18.8. The molecule has 1 N–H and O–H groups in total. The predicted octanol–water partition coefficient (Wildman–Crippen LogP) is 6.42. The summed E-state index contributed by atoms with van der Waals surface area (Å²) >= 11 is 0. The minimum absolute atomic E-state index is 0.232. The van der Waals surface area contributed by atoms with Crippen LogP contribution < -0.4 is 0 Å². The van der Waals surface area contributed by atoms with Gasteiger partial charge in [0.25, 0.3) is 0 Å². The first-order valence-corrected chi connectivity index (χ1v) is 12.1. The van der Waals surface area contributed by atoms with E-state index in [0.717, 1.165) is 25.3 Å². The van der Waals surface area contributed by atoms with Gasteiger partial charge in [0.1, 0.15) is 0 Å². The van der Waals surface area contributed by atoms with Crippen molar-refractivity contribution in [3.8, 4) is 0 Å². The van der Waals surface area contributed by atoms with Gasteiger partial charge in [0.05, 0.1) is 0 Å². The Morgan fingerprint density at radius 3 is 1.68 bits per heavy atom. The lowest BCUT2D eigenvalue weighted by Crippen LogP contribution is -2.04. The molecule has 0 heterocycles. The second-order valence-corrected chi connectivity index (χ2v) is 9.36. The van der Waals surface area contributed by atoms with Crippen molar-refractivity contribution in [3.63, 3.8) is 0 Å². The number of ether oxygens (including phenoxy) is 1. The van der Waals surface area contributed by atoms with Crippen LogP contribution in [-0.2, 0) is 14.1 Å². The molecule has 0 bridgehead atoms. The van der Waals surface area contributed by atoms with Crippen LogP contribution in [0.4, 0.5) is 0 Å². The molecule has 0 saturated heterocycles. The summed E-state index contributed by atoms with van der Waals surface area (Å²) in [7, 11) is -3.33. The Kier molecular flexibility index (Phi) is 16.4. The van der Waals surface area contributed by atoms with Gasteiger partial charge in [0, 0.05) is 12.2 Å². The first-order valence-electron chi connectivity index (χ1n) is 10.1. The second-order valence-electron chi connectivity index (χ2n) is 6.96. The van der Waals surface area contributed by atoms with Crippen molar-refractivity contribution in [1.82, 2.24) is 0 Å². The summed E-state index contributed by atoms with van der Waals surface area (Å²) < 4.78 is 16.5. The molecule has 1 atom stereocenters. The van der Waals surface area contributed by atoms with Crippen molar-refractivity contribution in [2.24, 2.45) is 0 Å². The maximum absolute atomic E-state index is 11.8. The normalized spacial score (nSPS) is 13.4. The fourth-order valence-electron chi connectivity index (χ4n) is 2.84. The quantitative estimate of drug-likeness (QED) is 0.130. The second kappa shape index (κ2) is 16.8. The van der Waals surface area contributed by atoms with E-state index in [2.05, 4.69) is 18.2 Å². The Bertz CT molecular complexity index is 382. The summed E-state index contributed by atoms with van der Waals surface area (Å²) in [6.45, 7) is 5.51. The summed E-state index contributed by atoms with van der Waals surface area (Å²) in [6.07, 6.45) is 18.4. The molecule has 0 aliphatic rings. The largest absolute Gasteiger partial charge is 0.452 e. The highest BCUT2D eigenvalue weighted by Gasteiger charge is 2.19. The van der Waals surface area contributed by atoms with E-state index < -0.39 is 19.7 Å². The molecule has 5 heteroatoms. The van der Waals surface area contributed by atoms with Crippen LogP contribution in [-0.4, -0.2) is 23.4 Å². The first-order chi connectivity index (χ1) is 12.0. The Balaban J connectivity index is 3.31. The third-order valence-corrected chi connectivity index (χ3v) is 5.98. The van der Waals surface area contributed by atoms with Gasteiger partial charge in [0.15, 0.2) is 6.35 Å². The van der Waals surface area contributed by atoms with Crippen LogP contribution in [0.2, 0.25) is 0 Å². The Labute approximate surface area is 154 Å². The molecule has 0 aromatic carbocycles. The van der Waals surface area contributed by atoms with E-state index in [9.17, 15) is 14.3 Å². The average molecular weight is 375 g/mol. The standard InChI is InChI=1S/C20H39O4P/c1-3-5-6-7-8-9-10-11-12-13-14-15-16-17-18-25(22,23)19-24-20(21)4-2/h4H,2-3,5-19H2,1H3,(H,22,23). The van der Waals surface area contributed by atoms with Crippen LogP contribution in [0.25, 0.3) is 0 Å². The zero-order valence-electron chi connectivity index (χ0n) is 16.2. The first kappa shape index (κ1) is 24.4. The Hall–Kier alpha value is -0.600. The molecule has 1 unspecified atom stereocenters. The highest BCUT2D eigenvalue weighted by molar-refractivity contribution is 7.57. The van der Waals surface area contributed by atoms with Gasteiger partial charge in [-0.2, -0.15) is 0 Å². The van der Waals surface area contributed by atoms with Crippen LogP contribution in [0.15, 0.2) is 12.7 Å². The Morgan fingerprint density at radius 1 is 0.880 bits per heavy atom. The number of rotatable bonds is 18. The molecular weight excluding hydrogens is 335 g/mol. The number of unbranched alkanes of at least 4 members (excludes halogenated alkanes) is 13. The maximum atomic E-state index is 11.8. The van der Waals surface area contributed by atoms with Gasteiger partial charge in [-0.15, -0.1) is 0 Å². The maximum Gasteiger partial charge on any atom is 0.330 e. The zero-order valence-corrected chi connectivity index (χ0v) is 17.1. The highest BCUT2D eigenvalue weighted by atomic mass is 31.2. The minimum Gasteiger partial charge on any atom is -0.452 e. The summed E-state index contributed by atoms with van der Waals surface area (Å²) in [5.74, 6) is -0.643. The van der Waals surface area contributed by atoms with Gasteiger partial charge >= 0.3 is 5.97 Å². The average Bonchev–Trinajstić information content (AvgIpc) is 2.60. The lowest BCUT2D eigenvalue weighted by atomic mass is 10.0. The van der Waals surface area contributed by atoms with Crippen LogP contribution >= 0.6 is 7.37 Å². The lowest BCUT2D eigenvalue weighted by Gasteiger charge is -2.11. The van der Waals surface area contributed by atoms with Gasteiger partial charge in [-0.1, -0.05) is 97.0 Å². The van der Waals surface area contributed by atoms with E-state index in [1.807, 2.05) is 0 Å².